The van der Waals surface area contributed by atoms with E-state index >= 15 is 0 Å². The number of hydrogen-bond acceptors (Lipinski definition) is 5. The molecule has 7 aromatic rings. The number of rotatable bonds is 0. The lowest BCUT2D eigenvalue weighted by Crippen LogP contribution is -1.63. The predicted molar refractivity (Wildman–Crippen MR) is 282 cm³/mol. The number of fused-ring (bicyclic) bond motifs is 2. The zero-order valence-corrected chi connectivity index (χ0v) is 43.5. The first-order valence-electron chi connectivity index (χ1n) is 22.1. The van der Waals surface area contributed by atoms with E-state index < -0.39 is 0 Å². The van der Waals surface area contributed by atoms with Crippen LogP contribution in [0.1, 0.15) is 174 Å². The molecule has 0 bridgehead atoms. The molecular formula is C51H100N4OS2. The zero-order valence-electron chi connectivity index (χ0n) is 41.8. The average molecular weight is 850 g/mol. The van der Waals surface area contributed by atoms with E-state index in [1.165, 1.54) is 4.70 Å². The molecule has 5 nitrogen and oxygen atoms in total. The van der Waals surface area contributed by atoms with Crippen molar-refractivity contribution in [1.82, 2.24) is 19.9 Å². The smallest absolute Gasteiger partial charge is 0.0931 e. The third-order valence-electron chi connectivity index (χ3n) is 3.91. The van der Waals surface area contributed by atoms with Gasteiger partial charge in [-0.05, 0) is 59.3 Å². The molecule has 0 saturated carbocycles. The van der Waals surface area contributed by atoms with Crippen LogP contribution in [0, 0.1) is 0 Å². The number of para-hydroxylation sites is 3. The van der Waals surface area contributed by atoms with Crippen LogP contribution in [0.4, 0.5) is 0 Å². The first kappa shape index (κ1) is 82.1. The van der Waals surface area contributed by atoms with Crippen molar-refractivity contribution in [2.75, 3.05) is 0 Å². The van der Waals surface area contributed by atoms with Gasteiger partial charge in [0.15, 0.2) is 0 Å². The fraction of sp³-hybridized carbons (Fsp3) is 0.490. The van der Waals surface area contributed by atoms with Gasteiger partial charge in [0.05, 0.1) is 45.6 Å². The summed E-state index contributed by atoms with van der Waals surface area (Å²) in [5.41, 5.74) is 5.09. The lowest BCUT2D eigenvalue weighted by molar-refractivity contribution is 0.567. The highest BCUT2D eigenvalue weighted by molar-refractivity contribution is 7.16. The van der Waals surface area contributed by atoms with Gasteiger partial charge in [-0.2, -0.15) is 11.3 Å². The fourth-order valence-corrected chi connectivity index (χ4v) is 3.55. The van der Waals surface area contributed by atoms with Gasteiger partial charge in [0.25, 0.3) is 0 Å². The van der Waals surface area contributed by atoms with Crippen molar-refractivity contribution in [2.24, 2.45) is 0 Å². The molecule has 2 N–H and O–H groups in total. The Labute approximate surface area is 372 Å². The number of benzene rings is 2. The molecule has 58 heavy (non-hydrogen) atoms. The van der Waals surface area contributed by atoms with Gasteiger partial charge in [-0.1, -0.05) is 210 Å². The van der Waals surface area contributed by atoms with E-state index in [0.29, 0.717) is 0 Å². The molecule has 5 heterocycles. The maximum absolute atomic E-state index is 4.58. The van der Waals surface area contributed by atoms with E-state index in [2.05, 4.69) is 30.4 Å². The molecular weight excluding hydrogens is 749 g/mol. The van der Waals surface area contributed by atoms with Crippen molar-refractivity contribution < 1.29 is 4.42 Å². The van der Waals surface area contributed by atoms with Crippen LogP contribution in [0.15, 0.2) is 137 Å². The van der Waals surface area contributed by atoms with Crippen LogP contribution in [0.5, 0.6) is 0 Å². The molecule has 2 aromatic carbocycles. The Balaban J connectivity index is -0.0000000473. The van der Waals surface area contributed by atoms with Crippen molar-refractivity contribution in [3.05, 3.63) is 132 Å². The maximum atomic E-state index is 4.58. The summed E-state index contributed by atoms with van der Waals surface area (Å²) >= 11 is 3.39. The number of thiophene rings is 1. The highest BCUT2D eigenvalue weighted by Gasteiger charge is 1.90. The van der Waals surface area contributed by atoms with Crippen LogP contribution in [-0.4, -0.2) is 19.9 Å². The Hall–Kier alpha value is -3.94. The Bertz CT molecular complexity index is 1090. The quantitative estimate of drug-likeness (QED) is 0.160. The van der Waals surface area contributed by atoms with Gasteiger partial charge < -0.3 is 14.4 Å². The molecule has 7 heteroatoms. The summed E-state index contributed by atoms with van der Waals surface area (Å²) in [4.78, 5) is 14.1. The van der Waals surface area contributed by atoms with E-state index in [1.54, 1.807) is 41.5 Å². The molecule has 7 rings (SSSR count). The molecule has 0 fully saturated rings. The molecule has 0 radical (unpaired) electrons. The van der Waals surface area contributed by atoms with Gasteiger partial charge in [0, 0.05) is 12.4 Å². The van der Waals surface area contributed by atoms with Crippen molar-refractivity contribution in [2.45, 2.75) is 174 Å². The average Bonchev–Trinajstić information content (AvgIpc) is 4.22. The summed E-state index contributed by atoms with van der Waals surface area (Å²) < 4.78 is 5.84. The number of aromatic amines is 2. The van der Waals surface area contributed by atoms with Gasteiger partial charge in [0.1, 0.15) is 0 Å². The zero-order chi connectivity index (χ0) is 46.8. The normalized spacial score (nSPS) is 6.48. The van der Waals surface area contributed by atoms with Gasteiger partial charge in [-0.15, -0.1) is 11.3 Å². The Morgan fingerprint density at radius 2 is 0.828 bits per heavy atom. The van der Waals surface area contributed by atoms with E-state index in [1.807, 2.05) is 274 Å². The van der Waals surface area contributed by atoms with E-state index in [4.69, 9.17) is 0 Å². The largest absolute Gasteiger partial charge is 0.473 e. The van der Waals surface area contributed by atoms with Gasteiger partial charge >= 0.3 is 0 Å². The van der Waals surface area contributed by atoms with Crippen molar-refractivity contribution >= 4 is 43.9 Å². The second kappa shape index (κ2) is 105. The molecule has 0 atom stereocenters. The van der Waals surface area contributed by atoms with Crippen LogP contribution >= 0.6 is 22.7 Å². The van der Waals surface area contributed by atoms with Gasteiger partial charge in [-0.25, -0.2) is 9.97 Å². The highest BCUT2D eigenvalue weighted by Crippen LogP contribution is 2.15. The number of nitrogens with zero attached hydrogens (tertiary/aromatic N) is 2. The number of thiazole rings is 1. The van der Waals surface area contributed by atoms with Crippen molar-refractivity contribution in [1.29, 1.82) is 0 Å². The predicted octanol–water partition coefficient (Wildman–Crippen LogP) is 20.9. The second-order valence-electron chi connectivity index (χ2n) is 6.21. The van der Waals surface area contributed by atoms with Gasteiger partial charge in [0.2, 0.25) is 0 Å². The van der Waals surface area contributed by atoms with E-state index in [0.717, 1.165) is 16.6 Å². The fourth-order valence-electron chi connectivity index (χ4n) is 2.41. The molecule has 0 aliphatic rings. The van der Waals surface area contributed by atoms with Crippen LogP contribution in [0.2, 0.25) is 0 Å². The van der Waals surface area contributed by atoms with E-state index in [-0.39, 0.29) is 7.43 Å². The summed E-state index contributed by atoms with van der Waals surface area (Å²) in [6, 6.07) is 27.7. The highest BCUT2D eigenvalue weighted by atomic mass is 32.1. The third-order valence-corrected chi connectivity index (χ3v) is 5.35. The van der Waals surface area contributed by atoms with Crippen LogP contribution in [0.25, 0.3) is 21.3 Å². The minimum atomic E-state index is 0. The first-order chi connectivity index (χ1) is 28.4. The third kappa shape index (κ3) is 66.8. The summed E-state index contributed by atoms with van der Waals surface area (Å²) in [5, 5.41) is 4.08. The van der Waals surface area contributed by atoms with Gasteiger partial charge in [-0.3, -0.25) is 0 Å². The van der Waals surface area contributed by atoms with Crippen molar-refractivity contribution in [3.8, 4) is 0 Å². The van der Waals surface area contributed by atoms with Crippen LogP contribution in [-0.2, 0) is 0 Å². The van der Waals surface area contributed by atoms with Crippen LogP contribution < -0.4 is 0 Å². The number of nitrogens with one attached hydrogen (secondary N) is 2. The van der Waals surface area contributed by atoms with Crippen LogP contribution in [0.3, 0.4) is 0 Å². The minimum Gasteiger partial charge on any atom is -0.473 e. The summed E-state index contributed by atoms with van der Waals surface area (Å²) in [7, 11) is 0. The Morgan fingerprint density at radius 1 is 0.431 bits per heavy atom. The summed E-state index contributed by atoms with van der Waals surface area (Å²) in [5.74, 6) is 0. The van der Waals surface area contributed by atoms with Crippen molar-refractivity contribution in [3.63, 3.8) is 0 Å². The molecule has 0 spiro atoms. The first-order valence-corrected chi connectivity index (χ1v) is 23.9. The second-order valence-corrected chi connectivity index (χ2v) is 7.91. The number of imidazole rings is 1. The molecule has 0 unspecified atom stereocenters. The SMILES string of the molecule is C.CC.CC.CC.CC.CC.CC.CC.CC.CC.CC.CC.CC.c1cc[nH]c1.c1ccc2[nH]cnc2c1.c1ccc2scnc2c1.c1ccoc1.c1ccsc1. The number of furan rings is 1. The molecule has 5 aromatic heterocycles. The molecule has 0 aliphatic heterocycles. The number of aromatic nitrogens is 4. The summed E-state index contributed by atoms with van der Waals surface area (Å²) in [6.07, 6.45) is 8.70. The molecule has 0 aliphatic carbocycles. The Kier molecular flexibility index (Phi) is 148. The Morgan fingerprint density at radius 3 is 1.14 bits per heavy atom. The lowest BCUT2D eigenvalue weighted by Gasteiger charge is -1.81. The number of hydrogen-bond donors (Lipinski definition) is 2. The monoisotopic (exact) mass is 849 g/mol. The van der Waals surface area contributed by atoms with E-state index in [9.17, 15) is 0 Å². The standard InChI is InChI=1S/C7H6N2.C7H5NS.C4H5N.C4H4O.C4H4S.12C2H6.CH4/c2*1-2-4-7-6(3-1)8-5-9-7;3*1-2-4-5-3-1;12*1-2;/h1-5H,(H,8,9);1-5H;1-5H;2*1-4H;12*1-2H3;1H4. The lowest BCUT2D eigenvalue weighted by atomic mass is 10.3. The molecule has 0 amide bonds. The number of H-pyrrole nitrogens is 2. The molecule has 342 valence electrons. The maximum Gasteiger partial charge on any atom is 0.0931 e. The topological polar surface area (TPSA) is 70.5 Å². The summed E-state index contributed by atoms with van der Waals surface area (Å²) in [6.45, 7) is 48.0. The minimum absolute atomic E-state index is 0. The molecule has 0 saturated heterocycles.